The van der Waals surface area contributed by atoms with Crippen molar-refractivity contribution >= 4 is 11.8 Å². The molecule has 3 N–H and O–H groups in total. The predicted molar refractivity (Wildman–Crippen MR) is 55.0 cm³/mol. The molecule has 0 aromatic heterocycles. The molecule has 1 aliphatic rings. The Morgan fingerprint density at radius 2 is 2.33 bits per heavy atom. The number of hydrogen-bond donors (Lipinski definition) is 3. The van der Waals surface area contributed by atoms with Crippen LogP contribution in [-0.4, -0.2) is 35.6 Å². The van der Waals surface area contributed by atoms with Crippen LogP contribution in [0.1, 0.15) is 26.7 Å². The smallest absolute Gasteiger partial charge is 0.242 e. The molecule has 3 unspecified atom stereocenters. The summed E-state index contributed by atoms with van der Waals surface area (Å²) in [5, 5.41) is 14.3. The fourth-order valence-corrected chi connectivity index (χ4v) is 1.44. The Labute approximate surface area is 89.2 Å². The van der Waals surface area contributed by atoms with Crippen molar-refractivity contribution in [3.63, 3.8) is 0 Å². The minimum atomic E-state index is -0.397. The van der Waals surface area contributed by atoms with Gasteiger partial charge in [-0.3, -0.25) is 9.59 Å². The number of aliphatic hydroxyl groups is 1. The molecule has 1 fully saturated rings. The van der Waals surface area contributed by atoms with Gasteiger partial charge in [-0.1, -0.05) is 6.92 Å². The van der Waals surface area contributed by atoms with Gasteiger partial charge >= 0.3 is 0 Å². The summed E-state index contributed by atoms with van der Waals surface area (Å²) in [5.41, 5.74) is 0. The van der Waals surface area contributed by atoms with Gasteiger partial charge in [0.15, 0.2) is 0 Å². The fraction of sp³-hybridized carbons (Fsp3) is 0.800. The number of amides is 2. The van der Waals surface area contributed by atoms with Crippen molar-refractivity contribution < 1.29 is 14.7 Å². The van der Waals surface area contributed by atoms with Crippen molar-refractivity contribution in [3.05, 3.63) is 0 Å². The molecule has 0 aliphatic carbocycles. The molecular weight excluding hydrogens is 196 g/mol. The first kappa shape index (κ1) is 12.0. The number of nitrogens with one attached hydrogen (secondary N) is 2. The minimum Gasteiger partial charge on any atom is -0.396 e. The van der Waals surface area contributed by atoms with E-state index < -0.39 is 6.04 Å². The first-order valence-corrected chi connectivity index (χ1v) is 5.25. The van der Waals surface area contributed by atoms with E-state index >= 15 is 0 Å². The summed E-state index contributed by atoms with van der Waals surface area (Å²) in [5.74, 6) is -0.210. The SMILES string of the molecule is CC(CO)C(C)NC(=O)C1CCC(=O)N1. The summed E-state index contributed by atoms with van der Waals surface area (Å²) in [6, 6.07) is -0.481. The maximum Gasteiger partial charge on any atom is 0.242 e. The highest BCUT2D eigenvalue weighted by molar-refractivity contribution is 5.90. The molecule has 3 atom stereocenters. The number of carbonyl (C=O) groups excluding carboxylic acids is 2. The third-order valence-electron chi connectivity index (χ3n) is 2.82. The molecule has 0 saturated carbocycles. The third-order valence-corrected chi connectivity index (χ3v) is 2.82. The van der Waals surface area contributed by atoms with Gasteiger partial charge in [-0.15, -0.1) is 0 Å². The van der Waals surface area contributed by atoms with Crippen molar-refractivity contribution in [2.45, 2.75) is 38.8 Å². The fourth-order valence-electron chi connectivity index (χ4n) is 1.44. The zero-order valence-corrected chi connectivity index (χ0v) is 9.12. The molecule has 0 radical (unpaired) electrons. The van der Waals surface area contributed by atoms with E-state index in [1.807, 2.05) is 13.8 Å². The predicted octanol–water partition coefficient (Wildman–Crippen LogP) is -0.602. The molecular formula is C10H18N2O3. The van der Waals surface area contributed by atoms with Crippen molar-refractivity contribution in [1.82, 2.24) is 10.6 Å². The lowest BCUT2D eigenvalue weighted by Crippen LogP contribution is -2.47. The molecule has 1 saturated heterocycles. The topological polar surface area (TPSA) is 78.4 Å². The largest absolute Gasteiger partial charge is 0.396 e. The van der Waals surface area contributed by atoms with Crippen LogP contribution in [0.2, 0.25) is 0 Å². The summed E-state index contributed by atoms with van der Waals surface area (Å²) in [4.78, 5) is 22.5. The highest BCUT2D eigenvalue weighted by Gasteiger charge is 2.28. The number of carbonyl (C=O) groups is 2. The Kier molecular flexibility index (Phi) is 4.08. The first-order chi connectivity index (χ1) is 7.04. The minimum absolute atomic E-state index is 0.0195. The van der Waals surface area contributed by atoms with Gasteiger partial charge in [0.25, 0.3) is 0 Å². The van der Waals surface area contributed by atoms with Crippen LogP contribution in [0.5, 0.6) is 0 Å². The van der Waals surface area contributed by atoms with Crippen LogP contribution in [0.3, 0.4) is 0 Å². The Hall–Kier alpha value is -1.10. The Morgan fingerprint density at radius 1 is 1.67 bits per heavy atom. The van der Waals surface area contributed by atoms with E-state index in [1.54, 1.807) is 0 Å². The van der Waals surface area contributed by atoms with Gasteiger partial charge in [0.05, 0.1) is 0 Å². The van der Waals surface area contributed by atoms with Crippen LogP contribution >= 0.6 is 0 Å². The van der Waals surface area contributed by atoms with Crippen LogP contribution in [0.15, 0.2) is 0 Å². The van der Waals surface area contributed by atoms with Crippen molar-refractivity contribution in [2.24, 2.45) is 5.92 Å². The Balaban J connectivity index is 2.38. The number of rotatable bonds is 4. The quantitative estimate of drug-likeness (QED) is 0.584. The van der Waals surface area contributed by atoms with E-state index in [1.165, 1.54) is 0 Å². The van der Waals surface area contributed by atoms with Crippen LogP contribution in [-0.2, 0) is 9.59 Å². The van der Waals surface area contributed by atoms with Crippen LogP contribution in [0.25, 0.3) is 0 Å². The molecule has 0 bridgehead atoms. The van der Waals surface area contributed by atoms with Crippen molar-refractivity contribution in [3.8, 4) is 0 Å². The molecule has 15 heavy (non-hydrogen) atoms. The van der Waals surface area contributed by atoms with Crippen LogP contribution < -0.4 is 10.6 Å². The van der Waals surface area contributed by atoms with E-state index in [4.69, 9.17) is 5.11 Å². The first-order valence-electron chi connectivity index (χ1n) is 5.25. The standard InChI is InChI=1S/C10H18N2O3/c1-6(5-13)7(2)11-10(15)8-3-4-9(14)12-8/h6-8,13H,3-5H2,1-2H3,(H,11,15)(H,12,14). The summed E-state index contributed by atoms with van der Waals surface area (Å²) in [6.45, 7) is 3.74. The molecule has 5 nitrogen and oxygen atoms in total. The lowest BCUT2D eigenvalue weighted by atomic mass is 10.0. The second-order valence-corrected chi connectivity index (χ2v) is 4.12. The molecule has 0 aromatic rings. The molecule has 86 valence electrons. The third kappa shape index (κ3) is 3.20. The van der Waals surface area contributed by atoms with Crippen molar-refractivity contribution in [1.29, 1.82) is 0 Å². The second kappa shape index (κ2) is 5.11. The highest BCUT2D eigenvalue weighted by atomic mass is 16.3. The molecule has 1 aliphatic heterocycles. The zero-order chi connectivity index (χ0) is 11.4. The van der Waals surface area contributed by atoms with Gasteiger partial charge in [0, 0.05) is 19.1 Å². The molecule has 1 heterocycles. The Bertz CT molecular complexity index is 255. The molecule has 1 rings (SSSR count). The number of hydrogen-bond acceptors (Lipinski definition) is 3. The van der Waals surface area contributed by atoms with Gasteiger partial charge in [-0.25, -0.2) is 0 Å². The lowest BCUT2D eigenvalue weighted by molar-refractivity contribution is -0.126. The maximum atomic E-state index is 11.6. The molecule has 0 aromatic carbocycles. The van der Waals surface area contributed by atoms with E-state index in [9.17, 15) is 9.59 Å². The van der Waals surface area contributed by atoms with E-state index in [-0.39, 0.29) is 30.4 Å². The zero-order valence-electron chi connectivity index (χ0n) is 9.12. The van der Waals surface area contributed by atoms with Gasteiger partial charge in [0.2, 0.25) is 11.8 Å². The van der Waals surface area contributed by atoms with E-state index in [0.29, 0.717) is 12.8 Å². The van der Waals surface area contributed by atoms with Gasteiger partial charge in [0.1, 0.15) is 6.04 Å². The Morgan fingerprint density at radius 3 is 2.80 bits per heavy atom. The van der Waals surface area contributed by atoms with Gasteiger partial charge in [-0.05, 0) is 19.3 Å². The lowest BCUT2D eigenvalue weighted by Gasteiger charge is -2.21. The van der Waals surface area contributed by atoms with E-state index in [0.717, 1.165) is 0 Å². The van der Waals surface area contributed by atoms with Crippen LogP contribution in [0, 0.1) is 5.92 Å². The van der Waals surface area contributed by atoms with E-state index in [2.05, 4.69) is 10.6 Å². The van der Waals surface area contributed by atoms with Crippen molar-refractivity contribution in [2.75, 3.05) is 6.61 Å². The molecule has 2 amide bonds. The average molecular weight is 214 g/mol. The maximum absolute atomic E-state index is 11.6. The summed E-state index contributed by atoms with van der Waals surface area (Å²) in [6.07, 6.45) is 0.979. The molecule has 0 spiro atoms. The van der Waals surface area contributed by atoms with Crippen LogP contribution in [0.4, 0.5) is 0 Å². The summed E-state index contributed by atoms with van der Waals surface area (Å²) in [7, 11) is 0. The monoisotopic (exact) mass is 214 g/mol. The normalized spacial score (nSPS) is 24.5. The van der Waals surface area contributed by atoms with Gasteiger partial charge < -0.3 is 15.7 Å². The second-order valence-electron chi connectivity index (χ2n) is 4.12. The van der Waals surface area contributed by atoms with Gasteiger partial charge in [-0.2, -0.15) is 0 Å². The number of aliphatic hydroxyl groups excluding tert-OH is 1. The average Bonchev–Trinajstić information content (AvgIpc) is 2.63. The molecule has 5 heteroatoms. The summed E-state index contributed by atoms with van der Waals surface area (Å²) >= 11 is 0. The highest BCUT2D eigenvalue weighted by Crippen LogP contribution is 2.08. The summed E-state index contributed by atoms with van der Waals surface area (Å²) < 4.78 is 0.